The van der Waals surface area contributed by atoms with Crippen molar-refractivity contribution < 1.29 is 23.8 Å². The lowest BCUT2D eigenvalue weighted by Gasteiger charge is -2.34. The summed E-state index contributed by atoms with van der Waals surface area (Å²) >= 11 is 1.56. The van der Waals surface area contributed by atoms with Crippen molar-refractivity contribution in [3.63, 3.8) is 0 Å². The van der Waals surface area contributed by atoms with Crippen molar-refractivity contribution in [1.29, 1.82) is 0 Å². The SMILES string of the molecule is COc1ccc(-c2ccc3[nH]c(C4CCN(C(=O)C(Cc5cccs5)OC(=O)NC(C)(C)C)CC4)cc3c2)cc1OC. The molecule has 2 aromatic heterocycles. The highest BCUT2D eigenvalue weighted by molar-refractivity contribution is 7.09. The summed E-state index contributed by atoms with van der Waals surface area (Å²) in [6.07, 6.45) is 0.615. The maximum Gasteiger partial charge on any atom is 0.408 e. The topological polar surface area (TPSA) is 92.9 Å². The van der Waals surface area contributed by atoms with Crippen LogP contribution in [0, 0.1) is 0 Å². The summed E-state index contributed by atoms with van der Waals surface area (Å²) in [7, 11) is 3.28. The first-order chi connectivity index (χ1) is 20.1. The lowest BCUT2D eigenvalue weighted by atomic mass is 9.93. The van der Waals surface area contributed by atoms with Gasteiger partial charge in [0.25, 0.3) is 5.91 Å². The minimum Gasteiger partial charge on any atom is -0.493 e. The van der Waals surface area contributed by atoms with Gasteiger partial charge in [-0.1, -0.05) is 18.2 Å². The summed E-state index contributed by atoms with van der Waals surface area (Å²) in [6, 6.07) is 18.5. The number of nitrogens with zero attached hydrogens (tertiary/aromatic N) is 1. The van der Waals surface area contributed by atoms with Gasteiger partial charge >= 0.3 is 6.09 Å². The van der Waals surface area contributed by atoms with E-state index in [1.54, 1.807) is 25.6 Å². The number of benzene rings is 2. The fraction of sp³-hybridized carbons (Fsp3) is 0.394. The first-order valence-corrected chi connectivity index (χ1v) is 15.2. The third-order valence-electron chi connectivity index (χ3n) is 7.57. The number of piperidine rings is 1. The molecule has 1 aliphatic heterocycles. The van der Waals surface area contributed by atoms with Crippen LogP contribution in [0.3, 0.4) is 0 Å². The van der Waals surface area contributed by atoms with E-state index >= 15 is 0 Å². The van der Waals surface area contributed by atoms with Crippen LogP contribution in [0.4, 0.5) is 4.79 Å². The minimum atomic E-state index is -0.856. The molecule has 42 heavy (non-hydrogen) atoms. The van der Waals surface area contributed by atoms with Crippen molar-refractivity contribution in [1.82, 2.24) is 15.2 Å². The fourth-order valence-corrected chi connectivity index (χ4v) is 6.18. The molecule has 0 bridgehead atoms. The number of thiophene rings is 1. The molecule has 2 amide bonds. The predicted octanol–water partition coefficient (Wildman–Crippen LogP) is 6.76. The number of carbonyl (C=O) groups is 2. The van der Waals surface area contributed by atoms with Gasteiger partial charge in [0.1, 0.15) is 0 Å². The molecule has 1 unspecified atom stereocenters. The lowest BCUT2D eigenvalue weighted by molar-refractivity contribution is -0.141. The molecule has 1 aliphatic rings. The second kappa shape index (κ2) is 12.5. The quantitative estimate of drug-likeness (QED) is 0.237. The predicted molar refractivity (Wildman–Crippen MR) is 167 cm³/mol. The van der Waals surface area contributed by atoms with E-state index in [9.17, 15) is 9.59 Å². The number of amides is 2. The summed E-state index contributed by atoms with van der Waals surface area (Å²) in [5.41, 5.74) is 3.97. The van der Waals surface area contributed by atoms with E-state index in [2.05, 4.69) is 34.6 Å². The van der Waals surface area contributed by atoms with E-state index in [0.29, 0.717) is 36.9 Å². The molecule has 1 atom stereocenters. The Bertz CT molecular complexity index is 1530. The van der Waals surface area contributed by atoms with E-state index < -0.39 is 17.7 Å². The van der Waals surface area contributed by atoms with Gasteiger partial charge in [0.05, 0.1) is 14.2 Å². The van der Waals surface area contributed by atoms with E-state index in [4.69, 9.17) is 14.2 Å². The Hall–Kier alpha value is -3.98. The van der Waals surface area contributed by atoms with E-state index in [-0.39, 0.29) is 5.91 Å². The van der Waals surface area contributed by atoms with E-state index in [1.165, 1.54) is 5.69 Å². The van der Waals surface area contributed by atoms with Gasteiger partial charge in [-0.2, -0.15) is 0 Å². The van der Waals surface area contributed by atoms with Crippen molar-refractivity contribution in [3.05, 3.63) is 70.5 Å². The summed E-state index contributed by atoms with van der Waals surface area (Å²) in [5.74, 6) is 1.58. The van der Waals surface area contributed by atoms with Gasteiger partial charge in [-0.05, 0) is 86.5 Å². The van der Waals surface area contributed by atoms with E-state index in [0.717, 1.165) is 39.7 Å². The van der Waals surface area contributed by atoms with Crippen LogP contribution in [0.25, 0.3) is 22.0 Å². The van der Waals surface area contributed by atoms with Crippen molar-refractivity contribution in [2.75, 3.05) is 27.3 Å². The molecular formula is C33H39N3O5S. The summed E-state index contributed by atoms with van der Waals surface area (Å²) in [5, 5.41) is 5.92. The molecular weight excluding hydrogens is 550 g/mol. The number of carbonyl (C=O) groups excluding carboxylic acids is 2. The second-order valence-corrected chi connectivity index (χ2v) is 12.8. The Kier molecular flexibility index (Phi) is 8.77. The molecule has 5 rings (SSSR count). The number of fused-ring (bicyclic) bond motifs is 1. The van der Waals surface area contributed by atoms with Crippen LogP contribution in [0.2, 0.25) is 0 Å². The first kappa shape index (κ1) is 29.5. The highest BCUT2D eigenvalue weighted by atomic mass is 32.1. The zero-order valence-corrected chi connectivity index (χ0v) is 25.7. The number of alkyl carbamates (subject to hydrolysis) is 1. The molecule has 2 N–H and O–H groups in total. The Labute approximate surface area is 251 Å². The average molecular weight is 590 g/mol. The maximum atomic E-state index is 13.6. The molecule has 3 heterocycles. The summed E-state index contributed by atoms with van der Waals surface area (Å²) in [6.45, 7) is 6.88. The molecule has 4 aromatic rings. The van der Waals surface area contributed by atoms with Crippen LogP contribution in [0.1, 0.15) is 50.1 Å². The maximum absolute atomic E-state index is 13.6. The number of H-pyrrole nitrogens is 1. The molecule has 8 nitrogen and oxygen atoms in total. The number of rotatable bonds is 8. The van der Waals surface area contributed by atoms with Gasteiger partial charge in [0.15, 0.2) is 17.6 Å². The van der Waals surface area contributed by atoms with Crippen LogP contribution in [0.5, 0.6) is 11.5 Å². The van der Waals surface area contributed by atoms with Crippen molar-refractivity contribution in [2.45, 2.75) is 57.6 Å². The van der Waals surface area contributed by atoms with Gasteiger partial charge in [-0.3, -0.25) is 4.79 Å². The number of methoxy groups -OCH3 is 2. The average Bonchev–Trinajstić information content (AvgIpc) is 3.65. The van der Waals surface area contributed by atoms with Crippen molar-refractivity contribution in [2.24, 2.45) is 0 Å². The molecule has 0 spiro atoms. The highest BCUT2D eigenvalue weighted by Gasteiger charge is 2.32. The van der Waals surface area contributed by atoms with Crippen molar-refractivity contribution in [3.8, 4) is 22.6 Å². The molecule has 1 fully saturated rings. The number of nitrogens with one attached hydrogen (secondary N) is 2. The van der Waals surface area contributed by atoms with Crippen LogP contribution in [-0.2, 0) is 16.0 Å². The van der Waals surface area contributed by atoms with Gasteiger partial charge in [-0.25, -0.2) is 4.79 Å². The Balaban J connectivity index is 1.26. The van der Waals surface area contributed by atoms with Gasteiger partial charge in [0, 0.05) is 52.4 Å². The normalized spacial score (nSPS) is 14.9. The van der Waals surface area contributed by atoms with Crippen molar-refractivity contribution >= 4 is 34.2 Å². The number of likely N-dealkylation sites (tertiary alicyclic amines) is 1. The Morgan fingerprint density at radius 2 is 1.71 bits per heavy atom. The zero-order chi connectivity index (χ0) is 29.9. The van der Waals surface area contributed by atoms with E-state index in [1.807, 2.05) is 61.4 Å². The number of hydrogen-bond donors (Lipinski definition) is 2. The number of aromatic nitrogens is 1. The first-order valence-electron chi connectivity index (χ1n) is 14.3. The molecule has 222 valence electrons. The third kappa shape index (κ3) is 6.90. The standard InChI is InChI=1S/C33H39N3O5S/c1-33(2,3)35-32(38)41-30(20-25-7-6-16-42-25)31(37)36-14-12-21(13-15-36)27-18-24-17-22(8-10-26(24)34-27)23-9-11-28(39-4)29(19-23)40-5/h6-11,16-19,21,30,34H,12-15,20H2,1-5H3,(H,35,38). The fourth-order valence-electron chi connectivity index (χ4n) is 5.44. The minimum absolute atomic E-state index is 0.137. The Morgan fingerprint density at radius 3 is 2.38 bits per heavy atom. The molecule has 0 aliphatic carbocycles. The third-order valence-corrected chi connectivity index (χ3v) is 8.47. The van der Waals surface area contributed by atoms with Gasteiger partial charge in [-0.15, -0.1) is 11.3 Å². The van der Waals surface area contributed by atoms with Crippen LogP contribution in [-0.4, -0.2) is 60.8 Å². The van der Waals surface area contributed by atoms with Gasteiger partial charge in [0.2, 0.25) is 0 Å². The molecule has 0 saturated carbocycles. The molecule has 9 heteroatoms. The summed E-state index contributed by atoms with van der Waals surface area (Å²) < 4.78 is 16.6. The number of ether oxygens (including phenoxy) is 3. The molecule has 2 aromatic carbocycles. The Morgan fingerprint density at radius 1 is 1.00 bits per heavy atom. The molecule has 1 saturated heterocycles. The van der Waals surface area contributed by atoms with Crippen LogP contribution < -0.4 is 14.8 Å². The number of hydrogen-bond acceptors (Lipinski definition) is 6. The van der Waals surface area contributed by atoms with Gasteiger partial charge < -0.3 is 29.4 Å². The lowest BCUT2D eigenvalue weighted by Crippen LogP contribution is -2.48. The van der Waals surface area contributed by atoms with Crippen LogP contribution >= 0.6 is 11.3 Å². The van der Waals surface area contributed by atoms with Crippen LogP contribution in [0.15, 0.2) is 60.0 Å². The second-order valence-electron chi connectivity index (χ2n) is 11.7. The summed E-state index contributed by atoms with van der Waals surface area (Å²) in [4.78, 5) is 32.6. The molecule has 0 radical (unpaired) electrons. The smallest absolute Gasteiger partial charge is 0.408 e. The highest BCUT2D eigenvalue weighted by Crippen LogP contribution is 2.35. The largest absolute Gasteiger partial charge is 0.493 e. The monoisotopic (exact) mass is 589 g/mol. The number of aromatic amines is 1. The zero-order valence-electron chi connectivity index (χ0n) is 24.9.